The van der Waals surface area contributed by atoms with Crippen LogP contribution in [0.25, 0.3) is 0 Å². The minimum atomic E-state index is -0.223. The highest BCUT2D eigenvalue weighted by Crippen LogP contribution is 2.35. The van der Waals surface area contributed by atoms with Crippen LogP contribution in [0.2, 0.25) is 0 Å². The number of benzene rings is 3. The van der Waals surface area contributed by atoms with Crippen LogP contribution in [-0.2, 0) is 37.1 Å². The Morgan fingerprint density at radius 3 is 2.36 bits per heavy atom. The zero-order valence-corrected chi connectivity index (χ0v) is 22.7. The fraction of sp³-hybridized carbons (Fsp3) is 0.406. The summed E-state index contributed by atoms with van der Waals surface area (Å²) in [6.07, 6.45) is 3.48. The Kier molecular flexibility index (Phi) is 7.28. The van der Waals surface area contributed by atoms with E-state index >= 15 is 0 Å². The second-order valence-electron chi connectivity index (χ2n) is 11.0. The van der Waals surface area contributed by atoms with Gasteiger partial charge >= 0.3 is 0 Å². The summed E-state index contributed by atoms with van der Waals surface area (Å²) in [4.78, 5) is 18.6. The summed E-state index contributed by atoms with van der Waals surface area (Å²) >= 11 is 0. The number of amides is 1. The lowest BCUT2D eigenvalue weighted by Crippen LogP contribution is -2.50. The zero-order chi connectivity index (χ0) is 26.9. The molecule has 1 aliphatic carbocycles. The summed E-state index contributed by atoms with van der Waals surface area (Å²) in [5, 5.41) is 3.62. The Labute approximate surface area is 229 Å². The van der Waals surface area contributed by atoms with Gasteiger partial charge in [0.1, 0.15) is 5.82 Å². The van der Waals surface area contributed by atoms with E-state index in [0.29, 0.717) is 31.4 Å². The third-order valence-corrected chi connectivity index (χ3v) is 8.64. The number of nitrogens with zero attached hydrogens (tertiary/aromatic N) is 2. The SMILES string of the molecule is COc1cc2c(cc1OC)CN(C(=O)[C@@H]1C[C@H](NCc3cccc(F)c3)CN1C1Cc3ccccc3C1)CC2. The van der Waals surface area contributed by atoms with E-state index in [1.807, 2.05) is 23.1 Å². The van der Waals surface area contributed by atoms with E-state index in [4.69, 9.17) is 9.47 Å². The average molecular weight is 530 g/mol. The Balaban J connectivity index is 1.20. The van der Waals surface area contributed by atoms with Crippen LogP contribution < -0.4 is 14.8 Å². The lowest BCUT2D eigenvalue weighted by Gasteiger charge is -2.36. The molecular weight excluding hydrogens is 493 g/mol. The third-order valence-electron chi connectivity index (χ3n) is 8.64. The van der Waals surface area contributed by atoms with Crippen molar-refractivity contribution in [1.29, 1.82) is 0 Å². The number of nitrogens with one attached hydrogen (secondary N) is 1. The molecule has 2 aliphatic heterocycles. The number of hydrogen-bond donors (Lipinski definition) is 1. The van der Waals surface area contributed by atoms with Gasteiger partial charge in [0.2, 0.25) is 5.91 Å². The van der Waals surface area contributed by atoms with Gasteiger partial charge in [0.25, 0.3) is 0 Å². The van der Waals surface area contributed by atoms with Crippen LogP contribution in [0, 0.1) is 5.82 Å². The van der Waals surface area contributed by atoms with Gasteiger partial charge in [-0.3, -0.25) is 9.69 Å². The maximum absolute atomic E-state index is 14.1. The molecule has 39 heavy (non-hydrogen) atoms. The predicted octanol–water partition coefficient (Wildman–Crippen LogP) is 4.13. The first-order valence-corrected chi connectivity index (χ1v) is 13.8. The van der Waals surface area contributed by atoms with Crippen molar-refractivity contribution in [2.45, 2.75) is 56.9 Å². The minimum Gasteiger partial charge on any atom is -0.493 e. The van der Waals surface area contributed by atoms with Gasteiger partial charge in [0.15, 0.2) is 11.5 Å². The molecule has 0 unspecified atom stereocenters. The molecule has 1 saturated heterocycles. The van der Waals surface area contributed by atoms with Crippen LogP contribution in [0.3, 0.4) is 0 Å². The number of carbonyl (C=O) groups is 1. The average Bonchev–Trinajstić information content (AvgIpc) is 3.59. The van der Waals surface area contributed by atoms with Crippen molar-refractivity contribution >= 4 is 5.91 Å². The first-order valence-electron chi connectivity index (χ1n) is 13.8. The van der Waals surface area contributed by atoms with Crippen LogP contribution in [0.4, 0.5) is 4.39 Å². The quantitative estimate of drug-likeness (QED) is 0.499. The summed E-state index contributed by atoms with van der Waals surface area (Å²) in [6.45, 7) is 2.66. The Morgan fingerprint density at radius 1 is 0.949 bits per heavy atom. The van der Waals surface area contributed by atoms with Crippen LogP contribution in [0.15, 0.2) is 60.7 Å². The second-order valence-corrected chi connectivity index (χ2v) is 11.0. The molecule has 0 spiro atoms. The summed E-state index contributed by atoms with van der Waals surface area (Å²) in [5.41, 5.74) is 6.02. The number of fused-ring (bicyclic) bond motifs is 2. The summed E-state index contributed by atoms with van der Waals surface area (Å²) in [7, 11) is 3.29. The van der Waals surface area contributed by atoms with Gasteiger partial charge in [-0.05, 0) is 77.8 Å². The maximum Gasteiger partial charge on any atom is 0.240 e. The lowest BCUT2D eigenvalue weighted by atomic mass is 9.97. The molecule has 6 nitrogen and oxygen atoms in total. The second kappa shape index (κ2) is 11.0. The van der Waals surface area contributed by atoms with Gasteiger partial charge in [0.05, 0.1) is 20.3 Å². The van der Waals surface area contributed by atoms with Crippen LogP contribution >= 0.6 is 0 Å². The van der Waals surface area contributed by atoms with Crippen LogP contribution in [0.5, 0.6) is 11.5 Å². The van der Waals surface area contributed by atoms with Gasteiger partial charge < -0.3 is 19.7 Å². The highest BCUT2D eigenvalue weighted by molar-refractivity contribution is 5.83. The van der Waals surface area contributed by atoms with Gasteiger partial charge in [0, 0.05) is 38.3 Å². The lowest BCUT2D eigenvalue weighted by molar-refractivity contribution is -0.137. The van der Waals surface area contributed by atoms with Crippen molar-refractivity contribution in [2.75, 3.05) is 27.3 Å². The molecule has 6 rings (SSSR count). The number of hydrogen-bond acceptors (Lipinski definition) is 5. The monoisotopic (exact) mass is 529 g/mol. The van der Waals surface area contributed by atoms with Crippen molar-refractivity contribution in [3.8, 4) is 11.5 Å². The normalized spacial score (nSPS) is 21.1. The molecule has 0 aromatic heterocycles. The van der Waals surface area contributed by atoms with Crippen molar-refractivity contribution in [1.82, 2.24) is 15.1 Å². The van der Waals surface area contributed by atoms with E-state index in [2.05, 4.69) is 34.5 Å². The highest BCUT2D eigenvalue weighted by Gasteiger charge is 2.43. The summed E-state index contributed by atoms with van der Waals surface area (Å²) < 4.78 is 24.8. The minimum absolute atomic E-state index is 0.160. The Bertz CT molecular complexity index is 1340. The fourth-order valence-electron chi connectivity index (χ4n) is 6.62. The van der Waals surface area contributed by atoms with E-state index < -0.39 is 0 Å². The number of ether oxygens (including phenoxy) is 2. The topological polar surface area (TPSA) is 54.0 Å². The largest absolute Gasteiger partial charge is 0.493 e. The molecular formula is C32H36FN3O3. The molecule has 0 saturated carbocycles. The van der Waals surface area contributed by atoms with E-state index in [-0.39, 0.29) is 23.8 Å². The van der Waals surface area contributed by atoms with Gasteiger partial charge in [-0.1, -0.05) is 36.4 Å². The van der Waals surface area contributed by atoms with Crippen LogP contribution in [0.1, 0.15) is 34.2 Å². The molecule has 3 aliphatic rings. The van der Waals surface area contributed by atoms with Gasteiger partial charge in [-0.2, -0.15) is 0 Å². The van der Waals surface area contributed by atoms with Crippen molar-refractivity contribution in [2.24, 2.45) is 0 Å². The Hall–Kier alpha value is -3.42. The van der Waals surface area contributed by atoms with E-state index in [1.54, 1.807) is 26.4 Å². The molecule has 1 amide bonds. The van der Waals surface area contributed by atoms with Gasteiger partial charge in [-0.15, -0.1) is 0 Å². The first-order chi connectivity index (χ1) is 19.0. The number of halogens is 1. The van der Waals surface area contributed by atoms with Gasteiger partial charge in [-0.25, -0.2) is 4.39 Å². The molecule has 1 fully saturated rings. The summed E-state index contributed by atoms with van der Waals surface area (Å²) in [6, 6.07) is 19.7. The molecule has 0 bridgehead atoms. The van der Waals surface area contributed by atoms with E-state index in [1.165, 1.54) is 22.8 Å². The third kappa shape index (κ3) is 5.25. The Morgan fingerprint density at radius 2 is 1.67 bits per heavy atom. The van der Waals surface area contributed by atoms with E-state index in [9.17, 15) is 9.18 Å². The maximum atomic E-state index is 14.1. The van der Waals surface area contributed by atoms with Crippen molar-refractivity contribution in [3.05, 3.63) is 94.3 Å². The molecule has 3 aromatic rings. The molecule has 1 N–H and O–H groups in total. The molecule has 0 radical (unpaired) electrons. The number of methoxy groups -OCH3 is 2. The number of rotatable bonds is 7. The first kappa shape index (κ1) is 25.8. The highest BCUT2D eigenvalue weighted by atomic mass is 19.1. The fourth-order valence-corrected chi connectivity index (χ4v) is 6.62. The number of carbonyl (C=O) groups excluding carboxylic acids is 1. The zero-order valence-electron chi connectivity index (χ0n) is 22.7. The molecule has 3 aromatic carbocycles. The molecule has 2 heterocycles. The van der Waals surface area contributed by atoms with Crippen molar-refractivity contribution < 1.29 is 18.7 Å². The summed E-state index contributed by atoms with van der Waals surface area (Å²) in [5.74, 6) is 1.39. The molecule has 7 heteroatoms. The van der Waals surface area contributed by atoms with E-state index in [0.717, 1.165) is 49.1 Å². The van der Waals surface area contributed by atoms with Crippen molar-refractivity contribution in [3.63, 3.8) is 0 Å². The standard InChI is InChI=1S/C32H36FN3O3/c1-38-30-15-24-10-11-35(19-25(24)16-31(30)39-2)32(37)29-17-27(34-18-21-6-5-9-26(33)12-21)20-36(29)28-13-22-7-3-4-8-23(22)14-28/h3-9,12,15-16,27-29,34H,10-11,13-14,17-20H2,1-2H3/t27-,29-/m0/s1. The van der Waals surface area contributed by atoms with Crippen LogP contribution in [-0.4, -0.2) is 61.1 Å². The number of likely N-dealkylation sites (tertiary alicyclic amines) is 1. The molecule has 2 atom stereocenters. The smallest absolute Gasteiger partial charge is 0.240 e. The predicted molar refractivity (Wildman–Crippen MR) is 148 cm³/mol. The molecule has 204 valence electrons.